The molecule has 0 unspecified atom stereocenters. The normalized spacial score (nSPS) is 11.1. The first-order chi connectivity index (χ1) is 13.8. The molecule has 0 aliphatic carbocycles. The zero-order valence-corrected chi connectivity index (χ0v) is 15.1. The highest BCUT2D eigenvalue weighted by molar-refractivity contribution is 5.90. The summed E-state index contributed by atoms with van der Waals surface area (Å²) < 4.78 is 63.1. The zero-order chi connectivity index (χ0) is 21.1. The number of aliphatic carboxylic acids is 1. The molecule has 0 aliphatic rings. The Labute approximate surface area is 162 Å². The second-order valence-electron chi connectivity index (χ2n) is 6.15. The van der Waals surface area contributed by atoms with E-state index in [2.05, 4.69) is 9.72 Å². The van der Waals surface area contributed by atoms with Crippen LogP contribution in [0.3, 0.4) is 0 Å². The molecule has 0 atom stereocenters. The molecule has 2 aromatic carbocycles. The Kier molecular flexibility index (Phi) is 5.86. The van der Waals surface area contributed by atoms with Crippen LogP contribution in [0.15, 0.2) is 36.4 Å². The number of carbonyl (C=O) groups is 1. The number of benzene rings is 2. The summed E-state index contributed by atoms with van der Waals surface area (Å²) in [5.74, 6) is -2.94. The van der Waals surface area contributed by atoms with Gasteiger partial charge in [-0.1, -0.05) is 12.1 Å². The molecule has 9 heteroatoms. The van der Waals surface area contributed by atoms with Crippen LogP contribution in [-0.4, -0.2) is 29.3 Å². The van der Waals surface area contributed by atoms with Crippen molar-refractivity contribution in [2.75, 3.05) is 6.61 Å². The van der Waals surface area contributed by atoms with Gasteiger partial charge in [0.05, 0.1) is 0 Å². The quantitative estimate of drug-likeness (QED) is 0.583. The molecule has 29 heavy (non-hydrogen) atoms. The van der Waals surface area contributed by atoms with Crippen molar-refractivity contribution in [3.63, 3.8) is 0 Å². The summed E-state index contributed by atoms with van der Waals surface area (Å²) >= 11 is 0. The second-order valence-corrected chi connectivity index (χ2v) is 6.15. The van der Waals surface area contributed by atoms with Crippen LogP contribution in [0.5, 0.6) is 11.6 Å². The first kappa shape index (κ1) is 20.4. The van der Waals surface area contributed by atoms with Crippen LogP contribution in [0.1, 0.15) is 16.7 Å². The number of rotatable bonds is 7. The van der Waals surface area contributed by atoms with Crippen molar-refractivity contribution in [3.8, 4) is 11.6 Å². The second kappa shape index (κ2) is 8.34. The average molecular weight is 409 g/mol. The van der Waals surface area contributed by atoms with E-state index in [0.29, 0.717) is 11.1 Å². The largest absolute Gasteiger partial charge is 0.481 e. The number of fused-ring (bicyclic) bond motifs is 1. The third-order valence-electron chi connectivity index (χ3n) is 4.24. The molecule has 5 nitrogen and oxygen atoms in total. The summed E-state index contributed by atoms with van der Waals surface area (Å²) in [6.45, 7) is -2.34. The van der Waals surface area contributed by atoms with Gasteiger partial charge in [0.15, 0.2) is 6.61 Å². The lowest BCUT2D eigenvalue weighted by molar-refractivity contribution is -0.139. The van der Waals surface area contributed by atoms with E-state index >= 15 is 0 Å². The Morgan fingerprint density at radius 1 is 1.14 bits per heavy atom. The van der Waals surface area contributed by atoms with Gasteiger partial charge in [0.25, 0.3) is 0 Å². The van der Waals surface area contributed by atoms with Gasteiger partial charge in [-0.2, -0.15) is 8.78 Å². The molecular formula is C20H15F4NO4. The minimum Gasteiger partial charge on any atom is -0.481 e. The Morgan fingerprint density at radius 2 is 1.83 bits per heavy atom. The van der Waals surface area contributed by atoms with Crippen molar-refractivity contribution in [2.45, 2.75) is 20.0 Å². The number of carboxylic acid groups (broad SMARTS) is 1. The fraction of sp³-hybridized carbons (Fsp3) is 0.200. The molecule has 152 valence electrons. The minimum absolute atomic E-state index is 0.0396. The van der Waals surface area contributed by atoms with Crippen LogP contribution in [0.25, 0.3) is 10.9 Å². The summed E-state index contributed by atoms with van der Waals surface area (Å²) in [4.78, 5) is 14.7. The maximum atomic E-state index is 14.3. The molecule has 3 rings (SSSR count). The molecule has 0 spiro atoms. The fourth-order valence-corrected chi connectivity index (χ4v) is 2.96. The highest BCUT2D eigenvalue weighted by Crippen LogP contribution is 2.36. The van der Waals surface area contributed by atoms with Gasteiger partial charge in [0.1, 0.15) is 22.9 Å². The first-order valence-corrected chi connectivity index (χ1v) is 8.41. The molecule has 0 fully saturated rings. The molecule has 1 N–H and O–H groups in total. The number of halogens is 4. The number of nitrogens with zero attached hydrogens (tertiary/aromatic N) is 1. The van der Waals surface area contributed by atoms with Crippen molar-refractivity contribution >= 4 is 16.9 Å². The maximum absolute atomic E-state index is 14.3. The van der Waals surface area contributed by atoms with Crippen molar-refractivity contribution in [1.82, 2.24) is 4.98 Å². The number of ether oxygens (including phenoxy) is 2. The average Bonchev–Trinajstić information content (AvgIpc) is 2.65. The van der Waals surface area contributed by atoms with Gasteiger partial charge < -0.3 is 14.6 Å². The van der Waals surface area contributed by atoms with E-state index in [4.69, 9.17) is 9.84 Å². The van der Waals surface area contributed by atoms with Crippen LogP contribution in [0.2, 0.25) is 0 Å². The molecule has 0 radical (unpaired) electrons. The Hall–Kier alpha value is -3.36. The summed E-state index contributed by atoms with van der Waals surface area (Å²) in [5, 5.41) is 8.98. The SMILES string of the molecule is Cc1c(Cc2ccc(F)cc2)c(OC(F)F)nc2c(F)ccc(OCC(=O)O)c12. The molecule has 3 aromatic rings. The summed E-state index contributed by atoms with van der Waals surface area (Å²) in [6.07, 6.45) is 0.0476. The van der Waals surface area contributed by atoms with Gasteiger partial charge in [-0.15, -0.1) is 0 Å². The smallest absolute Gasteiger partial charge is 0.388 e. The van der Waals surface area contributed by atoms with Crippen LogP contribution < -0.4 is 9.47 Å². The van der Waals surface area contributed by atoms with E-state index in [-0.39, 0.29) is 28.6 Å². The third kappa shape index (κ3) is 4.56. The summed E-state index contributed by atoms with van der Waals surface area (Å²) in [5.41, 5.74) is 0.841. The highest BCUT2D eigenvalue weighted by atomic mass is 19.3. The van der Waals surface area contributed by atoms with E-state index in [1.807, 2.05) is 0 Å². The van der Waals surface area contributed by atoms with E-state index in [9.17, 15) is 22.4 Å². The first-order valence-electron chi connectivity index (χ1n) is 8.41. The van der Waals surface area contributed by atoms with Gasteiger partial charge in [0.2, 0.25) is 5.88 Å². The lowest BCUT2D eigenvalue weighted by atomic mass is 9.97. The van der Waals surface area contributed by atoms with Crippen LogP contribution in [0, 0.1) is 18.6 Å². The minimum atomic E-state index is -3.19. The lowest BCUT2D eigenvalue weighted by Crippen LogP contribution is -2.12. The number of hydrogen-bond acceptors (Lipinski definition) is 4. The number of pyridine rings is 1. The number of alkyl halides is 2. The monoisotopic (exact) mass is 409 g/mol. The van der Waals surface area contributed by atoms with Gasteiger partial charge >= 0.3 is 12.6 Å². The van der Waals surface area contributed by atoms with Gasteiger partial charge in [-0.3, -0.25) is 0 Å². The molecule has 0 bridgehead atoms. The third-order valence-corrected chi connectivity index (χ3v) is 4.24. The molecule has 1 aromatic heterocycles. The molecule has 0 saturated carbocycles. The van der Waals surface area contributed by atoms with Gasteiger partial charge in [-0.25, -0.2) is 18.6 Å². The number of hydrogen-bond donors (Lipinski definition) is 1. The van der Waals surface area contributed by atoms with Crippen molar-refractivity contribution in [3.05, 3.63) is 64.7 Å². The fourth-order valence-electron chi connectivity index (χ4n) is 2.96. The van der Waals surface area contributed by atoms with E-state index in [1.54, 1.807) is 0 Å². The molecule has 0 saturated heterocycles. The highest BCUT2D eigenvalue weighted by Gasteiger charge is 2.22. The summed E-state index contributed by atoms with van der Waals surface area (Å²) in [7, 11) is 0. The predicted molar refractivity (Wildman–Crippen MR) is 95.4 cm³/mol. The van der Waals surface area contributed by atoms with Crippen molar-refractivity contribution in [1.29, 1.82) is 0 Å². The number of aromatic nitrogens is 1. The lowest BCUT2D eigenvalue weighted by Gasteiger charge is -2.17. The van der Waals surface area contributed by atoms with E-state index in [1.165, 1.54) is 37.3 Å². The summed E-state index contributed by atoms with van der Waals surface area (Å²) in [6, 6.07) is 7.61. The van der Waals surface area contributed by atoms with Crippen LogP contribution >= 0.6 is 0 Å². The maximum Gasteiger partial charge on any atom is 0.388 e. The van der Waals surface area contributed by atoms with E-state index < -0.39 is 36.7 Å². The van der Waals surface area contributed by atoms with Crippen LogP contribution in [0.4, 0.5) is 17.6 Å². The number of carboxylic acids is 1. The van der Waals surface area contributed by atoms with Crippen LogP contribution in [-0.2, 0) is 11.2 Å². The van der Waals surface area contributed by atoms with Gasteiger partial charge in [0, 0.05) is 17.4 Å². The molecular weight excluding hydrogens is 394 g/mol. The molecule has 1 heterocycles. The molecule has 0 aliphatic heterocycles. The van der Waals surface area contributed by atoms with Gasteiger partial charge in [-0.05, 0) is 42.3 Å². The Bertz CT molecular complexity index is 1050. The topological polar surface area (TPSA) is 68.7 Å². The zero-order valence-electron chi connectivity index (χ0n) is 15.1. The Balaban J connectivity index is 2.20. The van der Waals surface area contributed by atoms with E-state index in [0.717, 1.165) is 6.07 Å². The predicted octanol–water partition coefficient (Wildman–Crippen LogP) is 4.48. The van der Waals surface area contributed by atoms with Crippen molar-refractivity contribution < 1.29 is 36.9 Å². The molecule has 0 amide bonds. The number of aryl methyl sites for hydroxylation is 1. The Morgan fingerprint density at radius 3 is 2.45 bits per heavy atom. The standard InChI is InChI=1S/C20H15F4NO4/c1-10-13(8-11-2-4-12(21)5-3-11)19(29-20(23)24)25-18-14(22)6-7-15(17(10)18)28-9-16(26)27/h2-7,20H,8-9H2,1H3,(H,26,27). The van der Waals surface area contributed by atoms with Crippen molar-refractivity contribution in [2.24, 2.45) is 0 Å².